The van der Waals surface area contributed by atoms with Crippen LogP contribution < -0.4 is 5.32 Å². The van der Waals surface area contributed by atoms with Gasteiger partial charge in [-0.25, -0.2) is 0 Å². The van der Waals surface area contributed by atoms with Crippen molar-refractivity contribution in [3.8, 4) is 0 Å². The number of amides is 1. The van der Waals surface area contributed by atoms with Gasteiger partial charge in [0, 0.05) is 12.8 Å². The molecule has 3 rings (SSSR count). The molecule has 1 amide bonds. The quantitative estimate of drug-likeness (QED) is 0.891. The summed E-state index contributed by atoms with van der Waals surface area (Å²) in [4.78, 5) is 12.2. The van der Waals surface area contributed by atoms with Gasteiger partial charge in [0.05, 0.1) is 12.1 Å². The van der Waals surface area contributed by atoms with Crippen molar-refractivity contribution in [2.45, 2.75) is 44.8 Å². The molecule has 120 valence electrons. The predicted molar refractivity (Wildman–Crippen MR) is 91.2 cm³/mol. The zero-order valence-electron chi connectivity index (χ0n) is 13.5. The van der Waals surface area contributed by atoms with E-state index in [0.29, 0.717) is 12.8 Å². The van der Waals surface area contributed by atoms with Gasteiger partial charge in [-0.05, 0) is 36.5 Å². The first-order valence-corrected chi connectivity index (χ1v) is 8.24. The molecule has 2 aromatic rings. The van der Waals surface area contributed by atoms with Gasteiger partial charge in [-0.15, -0.1) is 0 Å². The highest BCUT2D eigenvalue weighted by Gasteiger charge is 2.31. The minimum absolute atomic E-state index is 0.0119. The molecule has 0 saturated heterocycles. The Kier molecular flexibility index (Phi) is 4.77. The normalized spacial score (nSPS) is 19.4. The van der Waals surface area contributed by atoms with E-state index in [1.807, 2.05) is 24.3 Å². The molecule has 1 aliphatic carbocycles. The molecule has 0 fully saturated rings. The van der Waals surface area contributed by atoms with Gasteiger partial charge in [-0.2, -0.15) is 0 Å². The van der Waals surface area contributed by atoms with Crippen LogP contribution in [-0.2, 0) is 17.6 Å². The molecule has 2 aromatic carbocycles. The van der Waals surface area contributed by atoms with Crippen LogP contribution in [0.15, 0.2) is 48.5 Å². The van der Waals surface area contributed by atoms with Gasteiger partial charge in [0.1, 0.15) is 0 Å². The second-order valence-electron chi connectivity index (χ2n) is 6.35. The fraction of sp³-hybridized carbons (Fsp3) is 0.350. The Hall–Kier alpha value is -2.13. The third kappa shape index (κ3) is 3.80. The minimum Gasteiger partial charge on any atom is -0.390 e. The van der Waals surface area contributed by atoms with Crippen molar-refractivity contribution in [3.05, 3.63) is 70.8 Å². The second kappa shape index (κ2) is 6.97. The lowest BCUT2D eigenvalue weighted by Crippen LogP contribution is -2.33. The number of aryl methyl sites for hydroxylation is 2. The van der Waals surface area contributed by atoms with E-state index in [2.05, 4.69) is 36.5 Å². The molecule has 3 heteroatoms. The van der Waals surface area contributed by atoms with Gasteiger partial charge >= 0.3 is 0 Å². The first kappa shape index (κ1) is 15.8. The summed E-state index contributed by atoms with van der Waals surface area (Å²) >= 11 is 0. The van der Waals surface area contributed by atoms with Crippen LogP contribution in [-0.4, -0.2) is 17.1 Å². The van der Waals surface area contributed by atoms with Gasteiger partial charge in [-0.1, -0.05) is 54.1 Å². The summed E-state index contributed by atoms with van der Waals surface area (Å²) in [6.07, 6.45) is 2.30. The number of hydrogen-bond donors (Lipinski definition) is 2. The second-order valence-corrected chi connectivity index (χ2v) is 6.35. The van der Waals surface area contributed by atoms with Gasteiger partial charge < -0.3 is 10.4 Å². The molecule has 2 N–H and O–H groups in total. The Bertz CT molecular complexity index is 678. The average molecular weight is 309 g/mol. The number of aliphatic hydroxyl groups is 1. The summed E-state index contributed by atoms with van der Waals surface area (Å²) in [6.45, 7) is 2.07. The number of carbonyl (C=O) groups is 1. The zero-order valence-corrected chi connectivity index (χ0v) is 13.5. The number of fused-ring (bicyclic) bond motifs is 1. The molecule has 0 aromatic heterocycles. The van der Waals surface area contributed by atoms with Gasteiger partial charge in [0.2, 0.25) is 5.91 Å². The lowest BCUT2D eigenvalue weighted by Gasteiger charge is -2.18. The highest BCUT2D eigenvalue weighted by atomic mass is 16.3. The minimum atomic E-state index is -0.520. The SMILES string of the molecule is Cc1ccc(CCCC(=O)NC2c3ccccc3CC2O)cc1. The van der Waals surface area contributed by atoms with E-state index in [0.717, 1.165) is 24.0 Å². The number of aliphatic hydroxyl groups excluding tert-OH is 1. The van der Waals surface area contributed by atoms with E-state index in [1.165, 1.54) is 11.1 Å². The number of carbonyl (C=O) groups excluding carboxylic acids is 1. The maximum atomic E-state index is 12.2. The van der Waals surface area contributed by atoms with Crippen LogP contribution in [0.3, 0.4) is 0 Å². The lowest BCUT2D eigenvalue weighted by molar-refractivity contribution is -0.122. The molecule has 0 bridgehead atoms. The fourth-order valence-electron chi connectivity index (χ4n) is 3.20. The summed E-state index contributed by atoms with van der Waals surface area (Å²) in [5.41, 5.74) is 4.69. The highest BCUT2D eigenvalue weighted by Crippen LogP contribution is 2.31. The first-order valence-electron chi connectivity index (χ1n) is 8.24. The molecule has 0 radical (unpaired) electrons. The van der Waals surface area contributed by atoms with Crippen LogP contribution >= 0.6 is 0 Å². The smallest absolute Gasteiger partial charge is 0.220 e. The zero-order chi connectivity index (χ0) is 16.2. The Balaban J connectivity index is 1.51. The average Bonchev–Trinajstić information content (AvgIpc) is 2.85. The predicted octanol–water partition coefficient (Wildman–Crippen LogP) is 3.09. The van der Waals surface area contributed by atoms with E-state index in [1.54, 1.807) is 0 Å². The van der Waals surface area contributed by atoms with Crippen LogP contribution in [0.5, 0.6) is 0 Å². The standard InChI is InChI=1S/C20H23NO2/c1-14-9-11-15(12-10-14)5-4-8-19(23)21-20-17-7-3-2-6-16(17)13-18(20)22/h2-3,6-7,9-12,18,20,22H,4-5,8,13H2,1H3,(H,21,23). The Labute approximate surface area is 137 Å². The summed E-state index contributed by atoms with van der Waals surface area (Å²) in [7, 11) is 0. The molecular weight excluding hydrogens is 286 g/mol. The van der Waals surface area contributed by atoms with E-state index < -0.39 is 6.10 Å². The maximum Gasteiger partial charge on any atom is 0.220 e. The van der Waals surface area contributed by atoms with Crippen LogP contribution in [0.1, 0.15) is 41.1 Å². The molecule has 1 aliphatic rings. The van der Waals surface area contributed by atoms with E-state index in [9.17, 15) is 9.90 Å². The van der Waals surface area contributed by atoms with Crippen molar-refractivity contribution in [2.75, 3.05) is 0 Å². The van der Waals surface area contributed by atoms with Crippen LogP contribution in [0.2, 0.25) is 0 Å². The maximum absolute atomic E-state index is 12.2. The molecule has 23 heavy (non-hydrogen) atoms. The van der Waals surface area contributed by atoms with E-state index >= 15 is 0 Å². The molecule has 0 aliphatic heterocycles. The summed E-state index contributed by atoms with van der Waals surface area (Å²) in [6, 6.07) is 16.1. The molecule has 0 saturated carbocycles. The van der Waals surface area contributed by atoms with E-state index in [4.69, 9.17) is 0 Å². The number of hydrogen-bond acceptors (Lipinski definition) is 2. The Morgan fingerprint density at radius 2 is 1.91 bits per heavy atom. The fourth-order valence-corrected chi connectivity index (χ4v) is 3.20. The van der Waals surface area contributed by atoms with Crippen molar-refractivity contribution in [1.29, 1.82) is 0 Å². The van der Waals surface area contributed by atoms with Crippen molar-refractivity contribution in [3.63, 3.8) is 0 Å². The third-order valence-electron chi connectivity index (χ3n) is 4.51. The van der Waals surface area contributed by atoms with Crippen molar-refractivity contribution in [2.24, 2.45) is 0 Å². The Morgan fingerprint density at radius 3 is 2.70 bits per heavy atom. The third-order valence-corrected chi connectivity index (χ3v) is 4.51. The monoisotopic (exact) mass is 309 g/mol. The van der Waals surface area contributed by atoms with Crippen molar-refractivity contribution < 1.29 is 9.90 Å². The number of rotatable bonds is 5. The molecule has 2 atom stereocenters. The van der Waals surface area contributed by atoms with E-state index in [-0.39, 0.29) is 11.9 Å². The molecule has 0 heterocycles. The first-order chi connectivity index (χ1) is 11.1. The highest BCUT2D eigenvalue weighted by molar-refractivity contribution is 5.76. The van der Waals surface area contributed by atoms with Crippen molar-refractivity contribution >= 4 is 5.91 Å². The Morgan fingerprint density at radius 1 is 1.17 bits per heavy atom. The van der Waals surface area contributed by atoms with Crippen LogP contribution in [0.4, 0.5) is 0 Å². The molecule has 3 nitrogen and oxygen atoms in total. The van der Waals surface area contributed by atoms with Gasteiger partial charge in [0.15, 0.2) is 0 Å². The van der Waals surface area contributed by atoms with Gasteiger partial charge in [-0.3, -0.25) is 4.79 Å². The summed E-state index contributed by atoms with van der Waals surface area (Å²) in [5, 5.41) is 13.2. The number of benzene rings is 2. The number of nitrogens with one attached hydrogen (secondary N) is 1. The molecule has 2 unspecified atom stereocenters. The molecular formula is C20H23NO2. The molecule has 0 spiro atoms. The largest absolute Gasteiger partial charge is 0.390 e. The summed E-state index contributed by atoms with van der Waals surface area (Å²) < 4.78 is 0. The van der Waals surface area contributed by atoms with Crippen LogP contribution in [0, 0.1) is 6.92 Å². The topological polar surface area (TPSA) is 49.3 Å². The lowest BCUT2D eigenvalue weighted by atomic mass is 10.1. The van der Waals surface area contributed by atoms with Gasteiger partial charge in [0.25, 0.3) is 0 Å². The van der Waals surface area contributed by atoms with Crippen molar-refractivity contribution in [1.82, 2.24) is 5.32 Å². The summed E-state index contributed by atoms with van der Waals surface area (Å²) in [5.74, 6) is 0.0119. The van der Waals surface area contributed by atoms with Crippen LogP contribution in [0.25, 0.3) is 0 Å².